The first kappa shape index (κ1) is 13.7. The smallest absolute Gasteiger partial charge is 0.0644 e. The standard InChI is InChI=1S/C14H21ClN2O/c1-10-6-11(2)14(13(15)7-10)17-5-3-4-16-12(8-17)9-18/h6-7,12,16,18H,3-5,8-9H2,1-2H3. The van der Waals surface area contributed by atoms with E-state index in [-0.39, 0.29) is 12.6 Å². The lowest BCUT2D eigenvalue weighted by Crippen LogP contribution is -2.40. The van der Waals surface area contributed by atoms with E-state index in [1.807, 2.05) is 6.07 Å². The first-order valence-corrected chi connectivity index (χ1v) is 6.85. The van der Waals surface area contributed by atoms with Crippen molar-refractivity contribution >= 4 is 17.3 Å². The number of nitrogens with one attached hydrogen (secondary N) is 1. The van der Waals surface area contributed by atoms with Gasteiger partial charge in [-0.2, -0.15) is 0 Å². The van der Waals surface area contributed by atoms with Gasteiger partial charge in [0, 0.05) is 19.1 Å². The molecule has 0 amide bonds. The summed E-state index contributed by atoms with van der Waals surface area (Å²) in [6, 6.07) is 4.30. The van der Waals surface area contributed by atoms with Crippen LogP contribution < -0.4 is 10.2 Å². The zero-order valence-corrected chi connectivity index (χ0v) is 11.8. The maximum absolute atomic E-state index is 9.34. The molecule has 0 bridgehead atoms. The molecule has 1 aromatic rings. The molecule has 0 aliphatic carbocycles. The number of halogens is 1. The van der Waals surface area contributed by atoms with E-state index in [1.165, 1.54) is 11.1 Å². The molecular weight excluding hydrogens is 248 g/mol. The van der Waals surface area contributed by atoms with Crippen molar-refractivity contribution < 1.29 is 5.11 Å². The minimum Gasteiger partial charge on any atom is -0.395 e. The van der Waals surface area contributed by atoms with Crippen molar-refractivity contribution in [2.24, 2.45) is 0 Å². The van der Waals surface area contributed by atoms with Crippen LogP contribution in [0.25, 0.3) is 0 Å². The molecule has 1 aliphatic heterocycles. The number of benzene rings is 1. The molecule has 1 atom stereocenters. The minimum atomic E-state index is 0.129. The summed E-state index contributed by atoms with van der Waals surface area (Å²) in [4.78, 5) is 2.29. The molecule has 0 aromatic heterocycles. The molecule has 0 saturated carbocycles. The Balaban J connectivity index is 2.29. The average molecular weight is 269 g/mol. The van der Waals surface area contributed by atoms with Gasteiger partial charge in [0.05, 0.1) is 17.3 Å². The van der Waals surface area contributed by atoms with Gasteiger partial charge in [-0.25, -0.2) is 0 Å². The van der Waals surface area contributed by atoms with Crippen LogP contribution in [0.4, 0.5) is 5.69 Å². The van der Waals surface area contributed by atoms with Crippen molar-refractivity contribution in [1.29, 1.82) is 0 Å². The Kier molecular flexibility index (Phi) is 4.49. The average Bonchev–Trinajstić information content (AvgIpc) is 2.53. The normalized spacial score (nSPS) is 20.9. The molecule has 4 heteroatoms. The van der Waals surface area contributed by atoms with Crippen molar-refractivity contribution in [3.8, 4) is 0 Å². The number of rotatable bonds is 2. The van der Waals surface area contributed by atoms with Gasteiger partial charge in [-0.1, -0.05) is 17.7 Å². The van der Waals surface area contributed by atoms with E-state index in [0.29, 0.717) is 0 Å². The quantitative estimate of drug-likeness (QED) is 0.863. The van der Waals surface area contributed by atoms with Gasteiger partial charge in [-0.15, -0.1) is 0 Å². The van der Waals surface area contributed by atoms with E-state index in [2.05, 4.69) is 30.1 Å². The minimum absolute atomic E-state index is 0.129. The lowest BCUT2D eigenvalue weighted by molar-refractivity contribution is 0.248. The number of hydrogen-bond acceptors (Lipinski definition) is 3. The third kappa shape index (κ3) is 2.97. The number of aryl methyl sites for hydroxylation is 2. The highest BCUT2D eigenvalue weighted by molar-refractivity contribution is 6.33. The van der Waals surface area contributed by atoms with Gasteiger partial charge in [-0.3, -0.25) is 0 Å². The number of nitrogens with zero attached hydrogens (tertiary/aromatic N) is 1. The SMILES string of the molecule is Cc1cc(C)c(N2CCCNC(CO)C2)c(Cl)c1. The summed E-state index contributed by atoms with van der Waals surface area (Å²) in [5.41, 5.74) is 3.51. The van der Waals surface area contributed by atoms with Gasteiger partial charge in [0.2, 0.25) is 0 Å². The summed E-state index contributed by atoms with van der Waals surface area (Å²) in [7, 11) is 0. The Bertz CT molecular complexity index is 399. The zero-order chi connectivity index (χ0) is 13.1. The Labute approximate surface area is 114 Å². The van der Waals surface area contributed by atoms with Crippen LogP contribution in [0.2, 0.25) is 5.02 Å². The molecule has 2 N–H and O–H groups in total. The molecule has 3 nitrogen and oxygen atoms in total. The third-order valence-corrected chi connectivity index (χ3v) is 3.70. The topological polar surface area (TPSA) is 35.5 Å². The Morgan fingerprint density at radius 1 is 1.44 bits per heavy atom. The van der Waals surface area contributed by atoms with Gasteiger partial charge >= 0.3 is 0 Å². The van der Waals surface area contributed by atoms with Crippen LogP contribution in [-0.4, -0.2) is 37.4 Å². The molecule has 1 fully saturated rings. The largest absolute Gasteiger partial charge is 0.395 e. The number of anilines is 1. The van der Waals surface area contributed by atoms with E-state index in [1.54, 1.807) is 0 Å². The van der Waals surface area contributed by atoms with Crippen LogP contribution in [0, 0.1) is 13.8 Å². The predicted octanol–water partition coefficient (Wildman–Crippen LogP) is 2.12. The predicted molar refractivity (Wildman–Crippen MR) is 76.6 cm³/mol. The number of aliphatic hydroxyl groups excluding tert-OH is 1. The highest BCUT2D eigenvalue weighted by atomic mass is 35.5. The molecule has 0 radical (unpaired) electrons. The molecule has 1 unspecified atom stereocenters. The summed E-state index contributed by atoms with van der Waals surface area (Å²) >= 11 is 6.39. The molecule has 1 heterocycles. The van der Waals surface area contributed by atoms with Crippen molar-refractivity contribution in [3.05, 3.63) is 28.3 Å². The van der Waals surface area contributed by atoms with Crippen LogP contribution >= 0.6 is 11.6 Å². The van der Waals surface area contributed by atoms with Gasteiger partial charge in [0.25, 0.3) is 0 Å². The van der Waals surface area contributed by atoms with Crippen molar-refractivity contribution in [2.75, 3.05) is 31.1 Å². The summed E-state index contributed by atoms with van der Waals surface area (Å²) in [5.74, 6) is 0. The fourth-order valence-corrected chi connectivity index (χ4v) is 3.07. The maximum Gasteiger partial charge on any atom is 0.0644 e. The first-order chi connectivity index (χ1) is 8.61. The third-order valence-electron chi connectivity index (χ3n) is 3.41. The van der Waals surface area contributed by atoms with E-state index in [0.717, 1.165) is 36.8 Å². The van der Waals surface area contributed by atoms with E-state index >= 15 is 0 Å². The zero-order valence-electron chi connectivity index (χ0n) is 11.0. The second-order valence-electron chi connectivity index (χ2n) is 5.05. The second-order valence-corrected chi connectivity index (χ2v) is 5.45. The van der Waals surface area contributed by atoms with E-state index in [4.69, 9.17) is 11.6 Å². The maximum atomic E-state index is 9.34. The van der Waals surface area contributed by atoms with Gasteiger partial charge < -0.3 is 15.3 Å². The Morgan fingerprint density at radius 3 is 2.89 bits per heavy atom. The number of aliphatic hydroxyl groups is 1. The van der Waals surface area contributed by atoms with Crippen LogP contribution in [0.15, 0.2) is 12.1 Å². The van der Waals surface area contributed by atoms with Crippen LogP contribution in [0.1, 0.15) is 17.5 Å². The summed E-state index contributed by atoms with van der Waals surface area (Å²) in [5, 5.41) is 13.5. The lowest BCUT2D eigenvalue weighted by atomic mass is 10.1. The summed E-state index contributed by atoms with van der Waals surface area (Å²) < 4.78 is 0. The fraction of sp³-hybridized carbons (Fsp3) is 0.571. The molecule has 100 valence electrons. The molecule has 2 rings (SSSR count). The van der Waals surface area contributed by atoms with Crippen LogP contribution in [-0.2, 0) is 0 Å². The lowest BCUT2D eigenvalue weighted by Gasteiger charge is -2.28. The van der Waals surface area contributed by atoms with Gasteiger partial charge in [-0.05, 0) is 44.0 Å². The molecule has 0 spiro atoms. The molecular formula is C14H21ClN2O. The number of hydrogen-bond donors (Lipinski definition) is 2. The van der Waals surface area contributed by atoms with E-state index < -0.39 is 0 Å². The summed E-state index contributed by atoms with van der Waals surface area (Å²) in [6.07, 6.45) is 1.07. The molecule has 1 saturated heterocycles. The Hall–Kier alpha value is -0.770. The van der Waals surface area contributed by atoms with Crippen molar-refractivity contribution in [1.82, 2.24) is 5.32 Å². The van der Waals surface area contributed by atoms with Crippen LogP contribution in [0.5, 0.6) is 0 Å². The molecule has 18 heavy (non-hydrogen) atoms. The first-order valence-electron chi connectivity index (χ1n) is 6.47. The highest BCUT2D eigenvalue weighted by Gasteiger charge is 2.20. The summed E-state index contributed by atoms with van der Waals surface area (Å²) in [6.45, 7) is 7.06. The molecule has 1 aliphatic rings. The van der Waals surface area contributed by atoms with Crippen molar-refractivity contribution in [3.63, 3.8) is 0 Å². The fourth-order valence-electron chi connectivity index (χ4n) is 2.63. The Morgan fingerprint density at radius 2 is 2.22 bits per heavy atom. The van der Waals surface area contributed by atoms with Gasteiger partial charge in [0.15, 0.2) is 0 Å². The van der Waals surface area contributed by atoms with Crippen LogP contribution in [0.3, 0.4) is 0 Å². The second kappa shape index (κ2) is 5.91. The monoisotopic (exact) mass is 268 g/mol. The highest BCUT2D eigenvalue weighted by Crippen LogP contribution is 2.31. The van der Waals surface area contributed by atoms with Crippen molar-refractivity contribution in [2.45, 2.75) is 26.3 Å². The van der Waals surface area contributed by atoms with Gasteiger partial charge in [0.1, 0.15) is 0 Å². The van der Waals surface area contributed by atoms with E-state index in [9.17, 15) is 5.11 Å². The molecule has 1 aromatic carbocycles.